The third-order valence-corrected chi connectivity index (χ3v) is 2.62. The smallest absolute Gasteiger partial charge is 0.173 e. The second kappa shape index (κ2) is 3.48. The van der Waals surface area contributed by atoms with Crippen molar-refractivity contribution < 1.29 is 4.79 Å². The quantitative estimate of drug-likeness (QED) is 0.644. The average molecular weight is 196 g/mol. The summed E-state index contributed by atoms with van der Waals surface area (Å²) in [5.74, 6) is 0.0537. The molecular weight excluding hydrogens is 176 g/mol. The highest BCUT2D eigenvalue weighted by Crippen LogP contribution is 2.20. The maximum atomic E-state index is 11.6. The Kier molecular flexibility index (Phi) is 2.83. The lowest BCUT2D eigenvalue weighted by Crippen LogP contribution is -2.72. The first-order valence-electron chi connectivity index (χ1n) is 4.97. The lowest BCUT2D eigenvalue weighted by Gasteiger charge is -2.47. The molecule has 3 nitrogen and oxygen atoms in total. The van der Waals surface area contributed by atoms with Gasteiger partial charge in [0, 0.05) is 17.6 Å². The topological polar surface area (TPSA) is 41.1 Å². The van der Waals surface area contributed by atoms with Crippen LogP contribution in [0.5, 0.6) is 0 Å². The summed E-state index contributed by atoms with van der Waals surface area (Å²) in [5, 5.41) is 6.73. The molecule has 80 valence electrons. The fraction of sp³-hybridized carbons (Fsp3) is 0.727. The largest absolute Gasteiger partial charge is 0.304 e. The predicted molar refractivity (Wildman–Crippen MR) is 58.3 cm³/mol. The van der Waals surface area contributed by atoms with Gasteiger partial charge in [0.15, 0.2) is 5.78 Å². The zero-order chi connectivity index (χ0) is 11.0. The Morgan fingerprint density at radius 3 is 2.43 bits per heavy atom. The fourth-order valence-electron chi connectivity index (χ4n) is 2.17. The summed E-state index contributed by atoms with van der Waals surface area (Å²) in [4.78, 5) is 11.6. The van der Waals surface area contributed by atoms with Gasteiger partial charge in [0.2, 0.25) is 0 Å². The van der Waals surface area contributed by atoms with Gasteiger partial charge in [-0.05, 0) is 33.8 Å². The van der Waals surface area contributed by atoms with Crippen LogP contribution in [-0.4, -0.2) is 29.4 Å². The Hall–Kier alpha value is -0.670. The molecule has 1 heterocycles. The van der Waals surface area contributed by atoms with E-state index in [0.29, 0.717) is 0 Å². The Bertz CT molecular complexity index is 256. The minimum absolute atomic E-state index is 0.0292. The minimum Gasteiger partial charge on any atom is -0.304 e. The Balaban J connectivity index is 2.83. The Labute approximate surface area is 86.0 Å². The summed E-state index contributed by atoms with van der Waals surface area (Å²) in [5.41, 5.74) is -0.200. The zero-order valence-corrected chi connectivity index (χ0v) is 9.48. The van der Waals surface area contributed by atoms with E-state index in [0.717, 1.165) is 6.54 Å². The molecule has 1 aliphatic rings. The van der Waals surface area contributed by atoms with Crippen molar-refractivity contribution in [2.45, 2.75) is 44.8 Å². The molecule has 1 atom stereocenters. The monoisotopic (exact) mass is 196 g/mol. The van der Waals surface area contributed by atoms with Crippen LogP contribution in [0, 0.1) is 0 Å². The summed E-state index contributed by atoms with van der Waals surface area (Å²) in [7, 11) is 0. The van der Waals surface area contributed by atoms with Gasteiger partial charge >= 0.3 is 0 Å². The van der Waals surface area contributed by atoms with Crippen LogP contribution in [0.25, 0.3) is 0 Å². The van der Waals surface area contributed by atoms with E-state index in [1.54, 1.807) is 0 Å². The molecule has 0 radical (unpaired) electrons. The van der Waals surface area contributed by atoms with Crippen LogP contribution >= 0.6 is 0 Å². The van der Waals surface area contributed by atoms with Crippen LogP contribution < -0.4 is 10.6 Å². The molecule has 0 bridgehead atoms. The molecule has 1 aliphatic heterocycles. The van der Waals surface area contributed by atoms with Crippen LogP contribution in [0.3, 0.4) is 0 Å². The van der Waals surface area contributed by atoms with Gasteiger partial charge in [0.05, 0.1) is 6.04 Å². The van der Waals surface area contributed by atoms with E-state index in [-0.39, 0.29) is 22.9 Å². The zero-order valence-electron chi connectivity index (χ0n) is 9.48. The number of ketones is 1. The fourth-order valence-corrected chi connectivity index (χ4v) is 2.17. The maximum Gasteiger partial charge on any atom is 0.173 e. The average Bonchev–Trinajstić information content (AvgIpc) is 1.99. The minimum atomic E-state index is -0.229. The highest BCUT2D eigenvalue weighted by molar-refractivity contribution is 5.95. The van der Waals surface area contributed by atoms with E-state index in [9.17, 15) is 4.79 Å². The van der Waals surface area contributed by atoms with E-state index in [1.807, 2.05) is 13.8 Å². The number of nitrogens with one attached hydrogen (secondary N) is 2. The standard InChI is InChI=1S/C11H20N2O/c1-6-8(14)9-11(4,5)13-10(2,3)7-12-9/h6,9,12-13H,1,7H2,2-5H3. The van der Waals surface area contributed by atoms with Crippen molar-refractivity contribution in [3.8, 4) is 0 Å². The molecule has 0 amide bonds. The summed E-state index contributed by atoms with van der Waals surface area (Å²) in [6, 6.07) is -0.173. The number of rotatable bonds is 2. The molecule has 0 spiro atoms. The van der Waals surface area contributed by atoms with E-state index in [1.165, 1.54) is 6.08 Å². The summed E-state index contributed by atoms with van der Waals surface area (Å²) in [6.07, 6.45) is 1.39. The molecule has 0 aromatic heterocycles. The van der Waals surface area contributed by atoms with Gasteiger partial charge in [-0.3, -0.25) is 4.79 Å². The third-order valence-electron chi connectivity index (χ3n) is 2.62. The number of hydrogen-bond acceptors (Lipinski definition) is 3. The summed E-state index contributed by atoms with van der Waals surface area (Å²) < 4.78 is 0. The first-order valence-corrected chi connectivity index (χ1v) is 4.97. The molecule has 0 aromatic rings. The van der Waals surface area contributed by atoms with Crippen molar-refractivity contribution in [2.75, 3.05) is 6.54 Å². The molecule has 1 rings (SSSR count). The highest BCUT2D eigenvalue weighted by atomic mass is 16.1. The number of carbonyl (C=O) groups is 1. The van der Waals surface area contributed by atoms with Crippen LogP contribution in [0.15, 0.2) is 12.7 Å². The molecule has 0 aromatic carbocycles. The van der Waals surface area contributed by atoms with Crippen LogP contribution in [0.2, 0.25) is 0 Å². The van der Waals surface area contributed by atoms with Crippen molar-refractivity contribution in [3.63, 3.8) is 0 Å². The molecule has 3 heteroatoms. The first kappa shape index (κ1) is 11.4. The SMILES string of the molecule is C=CC(=O)C1NCC(C)(C)NC1(C)C. The van der Waals surface area contributed by atoms with Gasteiger partial charge in [-0.2, -0.15) is 0 Å². The van der Waals surface area contributed by atoms with Crippen LogP contribution in [0.4, 0.5) is 0 Å². The second-order valence-corrected chi connectivity index (χ2v) is 5.15. The summed E-state index contributed by atoms with van der Waals surface area (Å²) >= 11 is 0. The van der Waals surface area contributed by atoms with Gasteiger partial charge in [-0.25, -0.2) is 0 Å². The molecule has 0 aliphatic carbocycles. The van der Waals surface area contributed by atoms with Crippen LogP contribution in [-0.2, 0) is 4.79 Å². The molecule has 1 fully saturated rings. The van der Waals surface area contributed by atoms with Gasteiger partial charge in [0.1, 0.15) is 0 Å². The van der Waals surface area contributed by atoms with Crippen molar-refractivity contribution in [2.24, 2.45) is 0 Å². The van der Waals surface area contributed by atoms with Crippen molar-refractivity contribution >= 4 is 5.78 Å². The predicted octanol–water partition coefficient (Wildman–Crippen LogP) is 0.860. The second-order valence-electron chi connectivity index (χ2n) is 5.15. The molecule has 0 saturated carbocycles. The van der Waals surface area contributed by atoms with E-state index in [4.69, 9.17) is 0 Å². The van der Waals surface area contributed by atoms with Gasteiger partial charge < -0.3 is 10.6 Å². The van der Waals surface area contributed by atoms with Gasteiger partial charge in [0.25, 0.3) is 0 Å². The van der Waals surface area contributed by atoms with E-state index in [2.05, 4.69) is 31.1 Å². The normalized spacial score (nSPS) is 29.6. The van der Waals surface area contributed by atoms with E-state index >= 15 is 0 Å². The highest BCUT2D eigenvalue weighted by Gasteiger charge is 2.41. The van der Waals surface area contributed by atoms with Gasteiger partial charge in [-0.15, -0.1) is 0 Å². The summed E-state index contributed by atoms with van der Waals surface area (Å²) in [6.45, 7) is 12.6. The van der Waals surface area contributed by atoms with Gasteiger partial charge in [-0.1, -0.05) is 6.58 Å². The maximum absolute atomic E-state index is 11.6. The molecule has 1 unspecified atom stereocenters. The third kappa shape index (κ3) is 2.22. The van der Waals surface area contributed by atoms with E-state index < -0.39 is 0 Å². The number of carbonyl (C=O) groups excluding carboxylic acids is 1. The van der Waals surface area contributed by atoms with Crippen LogP contribution in [0.1, 0.15) is 27.7 Å². The molecule has 2 N–H and O–H groups in total. The first-order chi connectivity index (χ1) is 6.28. The number of hydrogen-bond donors (Lipinski definition) is 2. The lowest BCUT2D eigenvalue weighted by atomic mass is 9.84. The van der Waals surface area contributed by atoms with Crippen molar-refractivity contribution in [1.29, 1.82) is 0 Å². The molecule has 14 heavy (non-hydrogen) atoms. The van der Waals surface area contributed by atoms with Crippen molar-refractivity contribution in [3.05, 3.63) is 12.7 Å². The Morgan fingerprint density at radius 1 is 1.43 bits per heavy atom. The molecular formula is C11H20N2O. The molecule has 1 saturated heterocycles. The lowest BCUT2D eigenvalue weighted by molar-refractivity contribution is -0.119. The number of piperazine rings is 1. The van der Waals surface area contributed by atoms with Crippen molar-refractivity contribution in [1.82, 2.24) is 10.6 Å². The Morgan fingerprint density at radius 2 is 2.00 bits per heavy atom.